The number of aliphatic hydroxyl groups is 1. The van der Waals surface area contributed by atoms with Gasteiger partial charge in [-0.3, -0.25) is 14.6 Å². The van der Waals surface area contributed by atoms with Crippen LogP contribution in [-0.2, 0) is 9.59 Å². The monoisotopic (exact) mass is 620 g/mol. The molecule has 1 aliphatic carbocycles. The molecule has 1 saturated heterocycles. The van der Waals surface area contributed by atoms with Gasteiger partial charge in [0.05, 0.1) is 27.2 Å². The Balaban J connectivity index is 0.000000517. The van der Waals surface area contributed by atoms with Crippen LogP contribution in [0, 0.1) is 0 Å². The van der Waals surface area contributed by atoms with Crippen molar-refractivity contribution in [1.82, 2.24) is 15.6 Å². The molecule has 42 heavy (non-hydrogen) atoms. The number of pyridine rings is 1. The third kappa shape index (κ3) is 8.30. The molecular weight excluding hydrogens is 597 g/mol. The summed E-state index contributed by atoms with van der Waals surface area (Å²) in [6.07, 6.45) is 1.07. The maximum Gasteiger partial charge on any atom is 0.490 e. The number of carbonyl (C=O) groups is 3. The Labute approximate surface area is 246 Å². The number of aliphatic carboxylic acids is 1. The van der Waals surface area contributed by atoms with Gasteiger partial charge in [0.1, 0.15) is 0 Å². The average molecular weight is 621 g/mol. The molecule has 0 bridgehead atoms. The summed E-state index contributed by atoms with van der Waals surface area (Å²) in [5, 5.41) is 24.3. The van der Waals surface area contributed by atoms with Crippen LogP contribution in [0.5, 0.6) is 0 Å². The van der Waals surface area contributed by atoms with Crippen molar-refractivity contribution in [3.63, 3.8) is 0 Å². The second-order valence-electron chi connectivity index (χ2n) is 9.39. The highest BCUT2D eigenvalue weighted by molar-refractivity contribution is 8.18. The summed E-state index contributed by atoms with van der Waals surface area (Å²) in [6.45, 7) is 0. The highest BCUT2D eigenvalue weighted by atomic mass is 35.5. The molecule has 3 aromatic rings. The number of hydrogen-bond acceptors (Lipinski definition) is 7. The third-order valence-electron chi connectivity index (χ3n) is 6.28. The van der Waals surface area contributed by atoms with Crippen molar-refractivity contribution < 1.29 is 37.8 Å². The molecule has 9 nitrogen and oxygen atoms in total. The van der Waals surface area contributed by atoms with E-state index < -0.39 is 12.1 Å². The minimum absolute atomic E-state index is 0.0413. The number of nitrogens with zero attached hydrogens (tertiary/aromatic N) is 2. The zero-order valence-corrected chi connectivity index (χ0v) is 23.3. The fourth-order valence-corrected chi connectivity index (χ4v) is 5.15. The largest absolute Gasteiger partial charge is 0.490 e. The number of thioether (sulfide) groups is 1. The molecule has 0 radical (unpaired) electrons. The summed E-state index contributed by atoms with van der Waals surface area (Å²) in [5.74, 6) is -3.21. The van der Waals surface area contributed by atoms with Gasteiger partial charge in [-0.2, -0.15) is 13.2 Å². The van der Waals surface area contributed by atoms with E-state index in [0.29, 0.717) is 39.2 Å². The number of carbonyl (C=O) groups excluding carboxylic acids is 2. The normalized spacial score (nSPS) is 20.6. The van der Waals surface area contributed by atoms with Crippen molar-refractivity contribution in [3.05, 3.63) is 75.8 Å². The van der Waals surface area contributed by atoms with Crippen molar-refractivity contribution in [2.24, 2.45) is 4.99 Å². The number of carboxylic acid groups (broad SMARTS) is 1. The number of amides is 2. The molecule has 1 aromatic heterocycles. The van der Waals surface area contributed by atoms with Gasteiger partial charge in [0, 0.05) is 23.2 Å². The highest BCUT2D eigenvalue weighted by Gasteiger charge is 2.38. The molecule has 2 fully saturated rings. The average Bonchev–Trinajstić information content (AvgIpc) is 3.28. The number of aliphatic imine (C=N–C) groups is 1. The van der Waals surface area contributed by atoms with Gasteiger partial charge < -0.3 is 20.8 Å². The van der Waals surface area contributed by atoms with E-state index in [1.807, 2.05) is 36.4 Å². The molecular formula is C28H24ClF3N4O5S. The number of hydrogen-bond donors (Lipinski definition) is 4. The van der Waals surface area contributed by atoms with Crippen molar-refractivity contribution in [1.29, 1.82) is 0 Å². The lowest BCUT2D eigenvalue weighted by atomic mass is 9.93. The maximum atomic E-state index is 12.7. The first-order valence-electron chi connectivity index (χ1n) is 12.6. The lowest BCUT2D eigenvalue weighted by Gasteiger charge is -2.26. The Morgan fingerprint density at radius 3 is 2.52 bits per heavy atom. The Hall–Kier alpha value is -3.94. The zero-order chi connectivity index (χ0) is 30.4. The summed E-state index contributed by atoms with van der Waals surface area (Å²) in [6, 6.07) is 14.6. The van der Waals surface area contributed by atoms with Crippen LogP contribution in [0.3, 0.4) is 0 Å². The Morgan fingerprint density at radius 2 is 1.83 bits per heavy atom. The molecule has 4 N–H and O–H groups in total. The summed E-state index contributed by atoms with van der Waals surface area (Å²) < 4.78 is 31.7. The topological polar surface area (TPSA) is 141 Å². The number of aliphatic hydroxyl groups excluding tert-OH is 1. The van der Waals surface area contributed by atoms with E-state index in [9.17, 15) is 27.9 Å². The molecule has 1 saturated carbocycles. The van der Waals surface area contributed by atoms with Gasteiger partial charge in [0.15, 0.2) is 5.17 Å². The number of fused-ring (bicyclic) bond motifs is 1. The molecule has 0 unspecified atom stereocenters. The fourth-order valence-electron chi connectivity index (χ4n) is 4.15. The van der Waals surface area contributed by atoms with Gasteiger partial charge in [-0.25, -0.2) is 9.79 Å². The maximum absolute atomic E-state index is 12.7. The first kappa shape index (κ1) is 31.0. The van der Waals surface area contributed by atoms with Gasteiger partial charge in [-0.05, 0) is 85.5 Å². The quantitative estimate of drug-likeness (QED) is 0.284. The van der Waals surface area contributed by atoms with Crippen LogP contribution in [0.1, 0.15) is 41.6 Å². The van der Waals surface area contributed by atoms with Crippen LogP contribution in [0.15, 0.2) is 64.6 Å². The standard InChI is InChI=1S/C26H23ClN4O3S.C2HF3O2/c27-20-9-4-17(24(33)29-18-5-7-19(32)8-6-18)14-22(20)30-26-31-25(34)23(35-26)13-15-3-10-21-16(12-15)2-1-11-28-21;3-2(4,5)1(6)7/h1-4,9-14,18-19,32H,5-8H2,(H,29,33)(H,30,31,34);(H,6,7)/b23-13-;. The van der Waals surface area contributed by atoms with Gasteiger partial charge in [-0.1, -0.05) is 23.7 Å². The van der Waals surface area contributed by atoms with Crippen LogP contribution < -0.4 is 10.6 Å². The third-order valence-corrected chi connectivity index (χ3v) is 7.51. The smallest absolute Gasteiger partial charge is 0.475 e. The number of nitrogens with one attached hydrogen (secondary N) is 2. The number of carboxylic acids is 1. The number of aromatic nitrogens is 1. The minimum atomic E-state index is -5.08. The van der Waals surface area contributed by atoms with Crippen LogP contribution >= 0.6 is 23.4 Å². The number of amidine groups is 1. The Kier molecular flexibility index (Phi) is 9.86. The molecule has 220 valence electrons. The number of benzene rings is 2. The molecule has 0 spiro atoms. The second kappa shape index (κ2) is 13.4. The van der Waals surface area contributed by atoms with Gasteiger partial charge in [0.25, 0.3) is 11.8 Å². The zero-order valence-electron chi connectivity index (χ0n) is 21.7. The molecule has 2 amide bonds. The molecule has 14 heteroatoms. The predicted octanol–water partition coefficient (Wildman–Crippen LogP) is 5.45. The summed E-state index contributed by atoms with van der Waals surface area (Å²) in [5.41, 5.74) is 2.62. The summed E-state index contributed by atoms with van der Waals surface area (Å²) >= 11 is 7.55. The highest BCUT2D eigenvalue weighted by Crippen LogP contribution is 2.32. The fraction of sp³-hybridized carbons (Fsp3) is 0.250. The minimum Gasteiger partial charge on any atom is -0.475 e. The molecule has 2 aliphatic rings. The van der Waals surface area contributed by atoms with E-state index in [4.69, 9.17) is 21.5 Å². The van der Waals surface area contributed by atoms with E-state index in [1.165, 1.54) is 11.8 Å². The van der Waals surface area contributed by atoms with Crippen molar-refractivity contribution in [2.45, 2.75) is 44.0 Å². The molecule has 0 atom stereocenters. The van der Waals surface area contributed by atoms with E-state index in [2.05, 4.69) is 20.6 Å². The van der Waals surface area contributed by atoms with E-state index in [1.54, 1.807) is 24.4 Å². The van der Waals surface area contributed by atoms with Crippen molar-refractivity contribution >= 4 is 69.0 Å². The van der Waals surface area contributed by atoms with Crippen molar-refractivity contribution in [3.8, 4) is 0 Å². The van der Waals surface area contributed by atoms with E-state index in [-0.39, 0.29) is 24.0 Å². The first-order valence-corrected chi connectivity index (χ1v) is 13.8. The van der Waals surface area contributed by atoms with Gasteiger partial charge in [-0.15, -0.1) is 0 Å². The van der Waals surface area contributed by atoms with Crippen molar-refractivity contribution in [2.75, 3.05) is 0 Å². The number of halogens is 4. The Bertz CT molecular complexity index is 1570. The van der Waals surface area contributed by atoms with E-state index >= 15 is 0 Å². The molecule has 5 rings (SSSR count). The number of alkyl halides is 3. The SMILES string of the molecule is O=C(O)C(F)(F)F.O=C1NC(=Nc2cc(C(=O)NC3CCC(O)CC3)ccc2Cl)S/C1=C\c1ccc2ncccc2c1. The predicted molar refractivity (Wildman–Crippen MR) is 153 cm³/mol. The number of rotatable bonds is 4. The lowest BCUT2D eigenvalue weighted by Crippen LogP contribution is -2.38. The molecule has 1 aliphatic heterocycles. The van der Waals surface area contributed by atoms with Crippen LogP contribution in [0.4, 0.5) is 18.9 Å². The van der Waals surface area contributed by atoms with Crippen LogP contribution in [0.2, 0.25) is 5.02 Å². The van der Waals surface area contributed by atoms with E-state index in [0.717, 1.165) is 29.3 Å². The second-order valence-corrected chi connectivity index (χ2v) is 10.8. The lowest BCUT2D eigenvalue weighted by molar-refractivity contribution is -0.192. The molecule has 2 aromatic carbocycles. The summed E-state index contributed by atoms with van der Waals surface area (Å²) in [4.78, 5) is 43.5. The van der Waals surface area contributed by atoms with Crippen LogP contribution in [-0.4, -0.2) is 56.5 Å². The Morgan fingerprint density at radius 1 is 1.12 bits per heavy atom. The summed E-state index contributed by atoms with van der Waals surface area (Å²) in [7, 11) is 0. The van der Waals surface area contributed by atoms with Gasteiger partial charge in [0.2, 0.25) is 0 Å². The first-order chi connectivity index (χ1) is 19.9. The van der Waals surface area contributed by atoms with Gasteiger partial charge >= 0.3 is 12.1 Å². The molecule has 2 heterocycles. The van der Waals surface area contributed by atoms with Crippen LogP contribution in [0.25, 0.3) is 17.0 Å².